The van der Waals surface area contributed by atoms with E-state index < -0.39 is 0 Å². The number of aryl methyl sites for hydroxylation is 1. The van der Waals surface area contributed by atoms with Crippen molar-refractivity contribution in [3.05, 3.63) is 58.9 Å². The third kappa shape index (κ3) is 3.21. The molecule has 0 fully saturated rings. The Bertz CT molecular complexity index is 643. The lowest BCUT2D eigenvalue weighted by Crippen LogP contribution is -2.09. The first-order chi connectivity index (χ1) is 10.1. The number of hydrogen-bond acceptors (Lipinski definition) is 3. The number of carbonyl (C=O) groups excluding carboxylic acids is 1. The zero-order valence-electron chi connectivity index (χ0n) is 12.3. The lowest BCUT2D eigenvalue weighted by Gasteiger charge is -2.12. The molecule has 3 nitrogen and oxygen atoms in total. The minimum absolute atomic E-state index is 0.0975. The van der Waals surface area contributed by atoms with Crippen LogP contribution in [0, 0.1) is 12.7 Å². The first-order valence-electron chi connectivity index (χ1n) is 6.56. The maximum atomic E-state index is 13.3. The second kappa shape index (κ2) is 6.39. The van der Waals surface area contributed by atoms with E-state index in [0.29, 0.717) is 22.6 Å². The summed E-state index contributed by atoms with van der Waals surface area (Å²) in [5, 5.41) is 0. The molecule has 2 aromatic carbocycles. The number of rotatable bonds is 5. The summed E-state index contributed by atoms with van der Waals surface area (Å²) in [6, 6.07) is 9.59. The zero-order chi connectivity index (χ0) is 15.4. The molecule has 0 radical (unpaired) electrons. The highest BCUT2D eigenvalue weighted by molar-refractivity contribution is 6.02. The second-order valence-corrected chi connectivity index (χ2v) is 4.71. The Kier molecular flexibility index (Phi) is 4.58. The van der Waals surface area contributed by atoms with Crippen LogP contribution in [0.3, 0.4) is 0 Å². The highest BCUT2D eigenvalue weighted by Gasteiger charge is 2.19. The Morgan fingerprint density at radius 1 is 1.10 bits per heavy atom. The molecule has 0 amide bonds. The molecule has 110 valence electrons. The first kappa shape index (κ1) is 15.0. The van der Waals surface area contributed by atoms with E-state index in [1.807, 2.05) is 6.92 Å². The largest absolute Gasteiger partial charge is 0.496 e. The minimum atomic E-state index is -0.351. The SMILES string of the molecule is COc1cccc(OC)c1C(=O)Cc1cc(F)ccc1C. The van der Waals surface area contributed by atoms with Gasteiger partial charge in [0.15, 0.2) is 5.78 Å². The molecule has 4 heteroatoms. The Morgan fingerprint density at radius 3 is 2.29 bits per heavy atom. The molecule has 21 heavy (non-hydrogen) atoms. The van der Waals surface area contributed by atoms with Crippen LogP contribution in [-0.4, -0.2) is 20.0 Å². The molecule has 0 aromatic heterocycles. The van der Waals surface area contributed by atoms with Gasteiger partial charge in [0.05, 0.1) is 14.2 Å². The lowest BCUT2D eigenvalue weighted by molar-refractivity contribution is 0.0986. The lowest BCUT2D eigenvalue weighted by atomic mass is 9.98. The normalized spacial score (nSPS) is 10.3. The molecule has 0 saturated heterocycles. The van der Waals surface area contributed by atoms with Crippen molar-refractivity contribution in [1.82, 2.24) is 0 Å². The van der Waals surface area contributed by atoms with Gasteiger partial charge in [-0.3, -0.25) is 4.79 Å². The Morgan fingerprint density at radius 2 is 1.71 bits per heavy atom. The van der Waals surface area contributed by atoms with Gasteiger partial charge in [0, 0.05) is 6.42 Å². The Balaban J connectivity index is 2.38. The summed E-state index contributed by atoms with van der Waals surface area (Å²) in [4.78, 5) is 12.6. The predicted octanol–water partition coefficient (Wildman–Crippen LogP) is 3.58. The third-order valence-electron chi connectivity index (χ3n) is 3.37. The zero-order valence-corrected chi connectivity index (χ0v) is 12.3. The van der Waals surface area contributed by atoms with Gasteiger partial charge in [0.25, 0.3) is 0 Å². The summed E-state index contributed by atoms with van der Waals surface area (Å²) in [6.07, 6.45) is 0.0975. The van der Waals surface area contributed by atoms with Crippen molar-refractivity contribution in [2.24, 2.45) is 0 Å². The summed E-state index contributed by atoms with van der Waals surface area (Å²) < 4.78 is 23.8. The molecule has 0 bridgehead atoms. The van der Waals surface area contributed by atoms with Crippen molar-refractivity contribution in [2.45, 2.75) is 13.3 Å². The van der Waals surface area contributed by atoms with Crippen molar-refractivity contribution < 1.29 is 18.7 Å². The summed E-state index contributed by atoms with van der Waals surface area (Å²) in [5.74, 6) is 0.384. The number of methoxy groups -OCH3 is 2. The van der Waals surface area contributed by atoms with Crippen LogP contribution in [0.25, 0.3) is 0 Å². The molecule has 2 rings (SSSR count). The molecule has 0 heterocycles. The minimum Gasteiger partial charge on any atom is -0.496 e. The summed E-state index contributed by atoms with van der Waals surface area (Å²) >= 11 is 0. The van der Waals surface area contributed by atoms with E-state index in [-0.39, 0.29) is 18.0 Å². The van der Waals surface area contributed by atoms with Crippen LogP contribution in [0.5, 0.6) is 11.5 Å². The van der Waals surface area contributed by atoms with E-state index in [9.17, 15) is 9.18 Å². The van der Waals surface area contributed by atoms with Gasteiger partial charge >= 0.3 is 0 Å². The molecular formula is C17H17FO3. The van der Waals surface area contributed by atoms with E-state index in [1.165, 1.54) is 26.4 Å². The van der Waals surface area contributed by atoms with Crippen molar-refractivity contribution in [3.8, 4) is 11.5 Å². The van der Waals surface area contributed by atoms with Gasteiger partial charge in [-0.1, -0.05) is 12.1 Å². The van der Waals surface area contributed by atoms with E-state index in [2.05, 4.69) is 0 Å². The van der Waals surface area contributed by atoms with Gasteiger partial charge < -0.3 is 9.47 Å². The highest BCUT2D eigenvalue weighted by Crippen LogP contribution is 2.30. The molecule has 0 spiro atoms. The number of benzene rings is 2. The maximum absolute atomic E-state index is 13.3. The van der Waals surface area contributed by atoms with Crippen molar-refractivity contribution >= 4 is 5.78 Å². The molecule has 2 aromatic rings. The number of halogens is 1. The standard InChI is InChI=1S/C17H17FO3/c1-11-7-8-13(18)9-12(11)10-14(19)17-15(20-2)5-4-6-16(17)21-3/h4-9H,10H2,1-3H3. The summed E-state index contributed by atoms with van der Waals surface area (Å²) in [6.45, 7) is 1.85. The molecule has 0 saturated carbocycles. The topological polar surface area (TPSA) is 35.5 Å². The van der Waals surface area contributed by atoms with Gasteiger partial charge in [0.1, 0.15) is 22.9 Å². The number of carbonyl (C=O) groups is 1. The third-order valence-corrected chi connectivity index (χ3v) is 3.37. The molecule has 0 aliphatic heterocycles. The van der Waals surface area contributed by atoms with Crippen LogP contribution in [0.15, 0.2) is 36.4 Å². The van der Waals surface area contributed by atoms with E-state index in [4.69, 9.17) is 9.47 Å². The van der Waals surface area contributed by atoms with Gasteiger partial charge in [-0.05, 0) is 42.3 Å². The predicted molar refractivity (Wildman–Crippen MR) is 78.7 cm³/mol. The smallest absolute Gasteiger partial charge is 0.174 e. The number of Topliss-reactive ketones (excluding diaryl/α,β-unsaturated/α-hetero) is 1. The quantitative estimate of drug-likeness (QED) is 0.789. The fraction of sp³-hybridized carbons (Fsp3) is 0.235. The Hall–Kier alpha value is -2.36. The second-order valence-electron chi connectivity index (χ2n) is 4.71. The molecule has 0 N–H and O–H groups in total. The number of ether oxygens (including phenoxy) is 2. The highest BCUT2D eigenvalue weighted by atomic mass is 19.1. The van der Waals surface area contributed by atoms with Crippen LogP contribution in [0.2, 0.25) is 0 Å². The van der Waals surface area contributed by atoms with Crippen molar-refractivity contribution in [2.75, 3.05) is 14.2 Å². The van der Waals surface area contributed by atoms with Crippen LogP contribution in [0.1, 0.15) is 21.5 Å². The van der Waals surface area contributed by atoms with Crippen LogP contribution >= 0.6 is 0 Å². The van der Waals surface area contributed by atoms with Crippen molar-refractivity contribution in [3.63, 3.8) is 0 Å². The molecule has 0 aliphatic rings. The first-order valence-corrected chi connectivity index (χ1v) is 6.56. The monoisotopic (exact) mass is 288 g/mol. The summed E-state index contributed by atoms with van der Waals surface area (Å²) in [5.41, 5.74) is 1.91. The average molecular weight is 288 g/mol. The van der Waals surface area contributed by atoms with E-state index in [0.717, 1.165) is 5.56 Å². The summed E-state index contributed by atoms with van der Waals surface area (Å²) in [7, 11) is 3.00. The van der Waals surface area contributed by atoms with E-state index in [1.54, 1.807) is 24.3 Å². The van der Waals surface area contributed by atoms with Gasteiger partial charge in [-0.2, -0.15) is 0 Å². The average Bonchev–Trinajstić information content (AvgIpc) is 2.49. The van der Waals surface area contributed by atoms with Gasteiger partial charge in [0.2, 0.25) is 0 Å². The van der Waals surface area contributed by atoms with Crippen molar-refractivity contribution in [1.29, 1.82) is 0 Å². The number of ketones is 1. The van der Waals surface area contributed by atoms with Gasteiger partial charge in [-0.15, -0.1) is 0 Å². The Labute approximate surface area is 123 Å². The van der Waals surface area contributed by atoms with E-state index >= 15 is 0 Å². The molecule has 0 aliphatic carbocycles. The van der Waals surface area contributed by atoms with Crippen LogP contribution in [0.4, 0.5) is 4.39 Å². The number of hydrogen-bond donors (Lipinski definition) is 0. The fourth-order valence-corrected chi connectivity index (χ4v) is 2.22. The van der Waals surface area contributed by atoms with Crippen LogP contribution in [-0.2, 0) is 6.42 Å². The molecular weight excluding hydrogens is 271 g/mol. The van der Waals surface area contributed by atoms with Crippen LogP contribution < -0.4 is 9.47 Å². The maximum Gasteiger partial charge on any atom is 0.174 e. The molecule has 0 atom stereocenters. The molecule has 0 unspecified atom stereocenters. The van der Waals surface area contributed by atoms with Gasteiger partial charge in [-0.25, -0.2) is 4.39 Å². The fourth-order valence-electron chi connectivity index (χ4n) is 2.22.